The molecule has 0 unspecified atom stereocenters. The molecule has 0 heterocycles. The molecule has 0 aromatic heterocycles. The first-order chi connectivity index (χ1) is 7.33. The Morgan fingerprint density at radius 3 is 2.50 bits per heavy atom. The molecule has 0 atom stereocenters. The fourth-order valence-corrected chi connectivity index (χ4v) is 1.13. The fraction of sp³-hybridized carbons (Fsp3) is 0.182. The molecule has 1 radical (unpaired) electrons. The van der Waals surface area contributed by atoms with Crippen molar-refractivity contribution in [2.45, 2.75) is 13.3 Å². The van der Waals surface area contributed by atoms with E-state index in [0.717, 1.165) is 18.2 Å². The first-order valence-electron chi connectivity index (χ1n) is 4.35. The molecular weight excluding hydrogens is 224 g/mol. The standard InChI is InChI=1S/C11H9F4O/c1-3-7(2)9-6-8(12)4-5-10(9)16-11(13,14)15/h3-6H,1H2,2H3. The molecule has 0 N–H and O–H groups in total. The molecule has 0 bridgehead atoms. The summed E-state index contributed by atoms with van der Waals surface area (Å²) in [5, 5.41) is 0. The topological polar surface area (TPSA) is 9.23 Å². The molecule has 0 aliphatic carbocycles. The van der Waals surface area contributed by atoms with Crippen molar-refractivity contribution in [1.82, 2.24) is 0 Å². The molecule has 5 heteroatoms. The van der Waals surface area contributed by atoms with E-state index in [1.54, 1.807) is 0 Å². The van der Waals surface area contributed by atoms with E-state index in [1.807, 2.05) is 0 Å². The minimum Gasteiger partial charge on any atom is -0.405 e. The van der Waals surface area contributed by atoms with Crippen molar-refractivity contribution in [3.8, 4) is 5.75 Å². The predicted molar refractivity (Wildman–Crippen MR) is 51.3 cm³/mol. The van der Waals surface area contributed by atoms with E-state index in [-0.39, 0.29) is 5.56 Å². The smallest absolute Gasteiger partial charge is 0.405 e. The van der Waals surface area contributed by atoms with Gasteiger partial charge in [-0.25, -0.2) is 4.39 Å². The minimum absolute atomic E-state index is 0.0346. The van der Waals surface area contributed by atoms with E-state index >= 15 is 0 Å². The largest absolute Gasteiger partial charge is 0.573 e. The Kier molecular flexibility index (Phi) is 3.57. The maximum absolute atomic E-state index is 12.9. The number of alkyl halides is 3. The van der Waals surface area contributed by atoms with Crippen LogP contribution in [-0.2, 0) is 0 Å². The monoisotopic (exact) mass is 233 g/mol. The summed E-state index contributed by atoms with van der Waals surface area (Å²) in [7, 11) is 0. The molecule has 0 saturated carbocycles. The molecular formula is C11H9F4O. The zero-order chi connectivity index (χ0) is 12.3. The lowest BCUT2D eigenvalue weighted by atomic mass is 10.0. The maximum atomic E-state index is 12.9. The van der Waals surface area contributed by atoms with Crippen LogP contribution in [0.1, 0.15) is 12.5 Å². The lowest BCUT2D eigenvalue weighted by Crippen LogP contribution is -2.18. The average molecular weight is 233 g/mol. The summed E-state index contributed by atoms with van der Waals surface area (Å²) in [6.45, 7) is 4.93. The molecule has 16 heavy (non-hydrogen) atoms. The van der Waals surface area contributed by atoms with Crippen LogP contribution in [0.3, 0.4) is 0 Å². The van der Waals surface area contributed by atoms with Crippen molar-refractivity contribution in [2.24, 2.45) is 0 Å². The van der Waals surface area contributed by atoms with Crippen LogP contribution in [0.25, 0.3) is 0 Å². The summed E-state index contributed by atoms with van der Waals surface area (Å²) in [6, 6.07) is 2.81. The molecule has 1 aromatic carbocycles. The van der Waals surface area contributed by atoms with Crippen LogP contribution in [0.4, 0.5) is 17.6 Å². The second kappa shape index (κ2) is 4.55. The summed E-state index contributed by atoms with van der Waals surface area (Å²) < 4.78 is 52.8. The van der Waals surface area contributed by atoms with E-state index in [9.17, 15) is 17.6 Å². The molecule has 0 amide bonds. The normalized spacial score (nSPS) is 11.6. The molecule has 1 aromatic rings. The molecule has 0 spiro atoms. The number of hydrogen-bond donors (Lipinski definition) is 0. The van der Waals surface area contributed by atoms with Gasteiger partial charge in [-0.15, -0.1) is 19.8 Å². The number of benzene rings is 1. The third-order valence-corrected chi connectivity index (χ3v) is 1.90. The second-order valence-electron chi connectivity index (χ2n) is 3.08. The maximum Gasteiger partial charge on any atom is 0.573 e. The van der Waals surface area contributed by atoms with Gasteiger partial charge in [0.2, 0.25) is 0 Å². The summed E-state index contributed by atoms with van der Waals surface area (Å²) in [5.41, 5.74) is 0.0346. The van der Waals surface area contributed by atoms with Crippen LogP contribution in [0.5, 0.6) is 5.75 Å². The predicted octanol–water partition coefficient (Wildman–Crippen LogP) is 3.85. The van der Waals surface area contributed by atoms with Crippen molar-refractivity contribution < 1.29 is 22.3 Å². The van der Waals surface area contributed by atoms with Crippen LogP contribution < -0.4 is 4.74 Å². The van der Waals surface area contributed by atoms with E-state index in [4.69, 9.17) is 0 Å². The number of halogens is 4. The molecule has 0 saturated heterocycles. The van der Waals surface area contributed by atoms with E-state index in [1.165, 1.54) is 13.0 Å². The zero-order valence-electron chi connectivity index (χ0n) is 8.44. The van der Waals surface area contributed by atoms with E-state index in [0.29, 0.717) is 5.92 Å². The number of allylic oxidation sites excluding steroid dienone is 1. The van der Waals surface area contributed by atoms with Crippen molar-refractivity contribution in [3.63, 3.8) is 0 Å². The third-order valence-electron chi connectivity index (χ3n) is 1.90. The Morgan fingerprint density at radius 2 is 2.00 bits per heavy atom. The highest BCUT2D eigenvalue weighted by Gasteiger charge is 2.32. The van der Waals surface area contributed by atoms with E-state index < -0.39 is 17.9 Å². The minimum atomic E-state index is -4.80. The van der Waals surface area contributed by atoms with Gasteiger partial charge in [0, 0.05) is 11.5 Å². The van der Waals surface area contributed by atoms with Gasteiger partial charge in [-0.05, 0) is 18.2 Å². The first-order valence-corrected chi connectivity index (χ1v) is 4.35. The number of rotatable bonds is 3. The fourth-order valence-electron chi connectivity index (χ4n) is 1.13. The van der Waals surface area contributed by atoms with Gasteiger partial charge in [-0.1, -0.05) is 13.0 Å². The highest BCUT2D eigenvalue weighted by Crippen LogP contribution is 2.31. The molecule has 0 aliphatic rings. The second-order valence-corrected chi connectivity index (χ2v) is 3.08. The van der Waals surface area contributed by atoms with Crippen LogP contribution in [-0.4, -0.2) is 6.36 Å². The Labute approximate surface area is 90.3 Å². The van der Waals surface area contributed by atoms with Gasteiger partial charge in [0.25, 0.3) is 0 Å². The van der Waals surface area contributed by atoms with Crippen molar-refractivity contribution >= 4 is 0 Å². The lowest BCUT2D eigenvalue weighted by molar-refractivity contribution is -0.274. The highest BCUT2D eigenvalue weighted by molar-refractivity contribution is 5.46. The van der Waals surface area contributed by atoms with Gasteiger partial charge in [0.05, 0.1) is 0 Å². The van der Waals surface area contributed by atoms with Gasteiger partial charge in [0.1, 0.15) is 11.6 Å². The molecule has 87 valence electrons. The van der Waals surface area contributed by atoms with Crippen molar-refractivity contribution in [3.05, 3.63) is 48.2 Å². The SMILES string of the molecule is C=C[C](C)c1cc(F)ccc1OC(F)(F)F. The molecule has 1 rings (SSSR count). The summed E-state index contributed by atoms with van der Waals surface area (Å²) >= 11 is 0. The molecule has 0 fully saturated rings. The third kappa shape index (κ3) is 3.25. The van der Waals surface area contributed by atoms with Gasteiger partial charge in [-0.3, -0.25) is 0 Å². The van der Waals surface area contributed by atoms with Crippen LogP contribution in [0.2, 0.25) is 0 Å². The summed E-state index contributed by atoms with van der Waals surface area (Å²) in [4.78, 5) is 0. The van der Waals surface area contributed by atoms with Gasteiger partial charge >= 0.3 is 6.36 Å². The highest BCUT2D eigenvalue weighted by atomic mass is 19.4. The van der Waals surface area contributed by atoms with Crippen LogP contribution in [0, 0.1) is 11.7 Å². The zero-order valence-corrected chi connectivity index (χ0v) is 8.44. The molecule has 1 nitrogen and oxygen atoms in total. The van der Waals surface area contributed by atoms with Crippen molar-refractivity contribution in [1.29, 1.82) is 0 Å². The Hall–Kier alpha value is -1.52. The Bertz CT molecular complexity index is 384. The van der Waals surface area contributed by atoms with Crippen molar-refractivity contribution in [2.75, 3.05) is 0 Å². The quantitative estimate of drug-likeness (QED) is 0.720. The average Bonchev–Trinajstić information content (AvgIpc) is 2.17. The number of hydrogen-bond acceptors (Lipinski definition) is 1. The Balaban J connectivity index is 3.12. The lowest BCUT2D eigenvalue weighted by Gasteiger charge is -2.15. The Morgan fingerprint density at radius 1 is 1.38 bits per heavy atom. The van der Waals surface area contributed by atoms with Gasteiger partial charge in [-0.2, -0.15) is 0 Å². The van der Waals surface area contributed by atoms with Gasteiger partial charge < -0.3 is 4.74 Å². The van der Waals surface area contributed by atoms with Gasteiger partial charge in [0.15, 0.2) is 0 Å². The molecule has 0 aliphatic heterocycles. The first kappa shape index (κ1) is 12.5. The van der Waals surface area contributed by atoms with E-state index in [2.05, 4.69) is 11.3 Å². The summed E-state index contributed by atoms with van der Waals surface area (Å²) in [5.74, 6) is -0.671. The summed E-state index contributed by atoms with van der Waals surface area (Å²) in [6.07, 6.45) is -3.47. The number of ether oxygens (including phenoxy) is 1. The van der Waals surface area contributed by atoms with Crippen LogP contribution in [0.15, 0.2) is 30.9 Å². The van der Waals surface area contributed by atoms with Crippen LogP contribution >= 0.6 is 0 Å².